The third-order valence-electron chi connectivity index (χ3n) is 3.22. The molecular formula is C14H24N2O3S. The number of aliphatic hydroxyl groups is 1. The Labute approximate surface area is 124 Å². The Morgan fingerprint density at radius 2 is 2.30 bits per heavy atom. The number of morpholine rings is 1. The van der Waals surface area contributed by atoms with Gasteiger partial charge in [-0.15, -0.1) is 11.3 Å². The van der Waals surface area contributed by atoms with E-state index in [-0.39, 0.29) is 0 Å². The first-order chi connectivity index (χ1) is 9.84. The molecule has 0 aromatic carbocycles. The van der Waals surface area contributed by atoms with Gasteiger partial charge in [0.05, 0.1) is 32.5 Å². The number of aliphatic hydroxyl groups excluding tert-OH is 1. The Morgan fingerprint density at radius 3 is 3.05 bits per heavy atom. The lowest BCUT2D eigenvalue weighted by atomic mass is 10.3. The monoisotopic (exact) mass is 300 g/mol. The number of nitrogens with one attached hydrogen (secondary N) is 1. The van der Waals surface area contributed by atoms with Gasteiger partial charge in [-0.3, -0.25) is 4.90 Å². The second-order valence-electron chi connectivity index (χ2n) is 4.91. The van der Waals surface area contributed by atoms with Gasteiger partial charge in [0.25, 0.3) is 0 Å². The third-order valence-corrected chi connectivity index (χ3v) is 4.07. The van der Waals surface area contributed by atoms with Crippen LogP contribution < -0.4 is 5.32 Å². The topological polar surface area (TPSA) is 54.0 Å². The van der Waals surface area contributed by atoms with E-state index in [4.69, 9.17) is 9.47 Å². The molecular weight excluding hydrogens is 276 g/mol. The van der Waals surface area contributed by atoms with Crippen LogP contribution in [0.25, 0.3) is 0 Å². The summed E-state index contributed by atoms with van der Waals surface area (Å²) in [7, 11) is 0. The molecule has 0 bridgehead atoms. The van der Waals surface area contributed by atoms with E-state index in [0.29, 0.717) is 19.8 Å². The fourth-order valence-corrected chi connectivity index (χ4v) is 2.72. The molecule has 1 fully saturated rings. The molecule has 1 aliphatic rings. The molecule has 1 saturated heterocycles. The molecule has 1 unspecified atom stereocenters. The van der Waals surface area contributed by atoms with E-state index in [1.165, 1.54) is 4.88 Å². The SMILES string of the molecule is OC(CNCCN1CCOCC1)COCc1cccs1. The maximum Gasteiger partial charge on any atom is 0.0897 e. The average molecular weight is 300 g/mol. The maximum absolute atomic E-state index is 9.80. The quantitative estimate of drug-likeness (QED) is 0.652. The first-order valence-electron chi connectivity index (χ1n) is 7.13. The van der Waals surface area contributed by atoms with Crippen LogP contribution in [-0.2, 0) is 16.1 Å². The van der Waals surface area contributed by atoms with E-state index in [1.54, 1.807) is 11.3 Å². The fourth-order valence-electron chi connectivity index (χ4n) is 2.08. The van der Waals surface area contributed by atoms with Crippen molar-refractivity contribution in [2.24, 2.45) is 0 Å². The summed E-state index contributed by atoms with van der Waals surface area (Å²) < 4.78 is 10.8. The van der Waals surface area contributed by atoms with Crippen molar-refractivity contribution in [1.29, 1.82) is 0 Å². The third kappa shape index (κ3) is 6.30. The molecule has 5 nitrogen and oxygen atoms in total. The number of nitrogens with zero attached hydrogens (tertiary/aromatic N) is 1. The van der Waals surface area contributed by atoms with Crippen molar-refractivity contribution in [3.8, 4) is 0 Å². The van der Waals surface area contributed by atoms with E-state index in [9.17, 15) is 5.11 Å². The second-order valence-corrected chi connectivity index (χ2v) is 5.94. The Bertz CT molecular complexity index is 342. The Kier molecular flexibility index (Phi) is 7.49. The van der Waals surface area contributed by atoms with Gasteiger partial charge in [-0.05, 0) is 11.4 Å². The second kappa shape index (κ2) is 9.44. The standard InChI is InChI=1S/C14H24N2O3S/c17-13(11-19-12-14-2-1-9-20-14)10-15-3-4-16-5-7-18-8-6-16/h1-2,9,13,15,17H,3-8,10-12H2. The van der Waals surface area contributed by atoms with Crippen LogP contribution in [0.15, 0.2) is 17.5 Å². The summed E-state index contributed by atoms with van der Waals surface area (Å²) in [6, 6.07) is 4.05. The molecule has 0 aliphatic carbocycles. The molecule has 114 valence electrons. The highest BCUT2D eigenvalue weighted by molar-refractivity contribution is 7.09. The highest BCUT2D eigenvalue weighted by Crippen LogP contribution is 2.09. The normalized spacial score (nSPS) is 18.2. The van der Waals surface area contributed by atoms with Crippen LogP contribution in [0.2, 0.25) is 0 Å². The molecule has 6 heteroatoms. The molecule has 20 heavy (non-hydrogen) atoms. The molecule has 0 saturated carbocycles. The number of thiophene rings is 1. The van der Waals surface area contributed by atoms with Gasteiger partial charge >= 0.3 is 0 Å². The van der Waals surface area contributed by atoms with E-state index < -0.39 is 6.10 Å². The summed E-state index contributed by atoms with van der Waals surface area (Å²) in [6.45, 7) is 7.12. The van der Waals surface area contributed by atoms with E-state index in [1.807, 2.05) is 17.5 Å². The summed E-state index contributed by atoms with van der Waals surface area (Å²) in [5.41, 5.74) is 0. The number of hydrogen-bond acceptors (Lipinski definition) is 6. The Morgan fingerprint density at radius 1 is 1.45 bits per heavy atom. The Balaban J connectivity index is 1.44. The van der Waals surface area contributed by atoms with Crippen LogP contribution in [0.4, 0.5) is 0 Å². The minimum Gasteiger partial charge on any atom is -0.389 e. The van der Waals surface area contributed by atoms with Gasteiger partial charge in [0.2, 0.25) is 0 Å². The average Bonchev–Trinajstić information content (AvgIpc) is 2.98. The van der Waals surface area contributed by atoms with Crippen LogP contribution in [0.5, 0.6) is 0 Å². The molecule has 0 spiro atoms. The molecule has 1 aromatic heterocycles. The molecule has 1 atom stereocenters. The summed E-state index contributed by atoms with van der Waals surface area (Å²) in [5.74, 6) is 0. The number of rotatable bonds is 9. The minimum atomic E-state index is -0.445. The molecule has 1 aromatic rings. The molecule has 1 aliphatic heterocycles. The van der Waals surface area contributed by atoms with Gasteiger partial charge in [0.15, 0.2) is 0 Å². The first-order valence-corrected chi connectivity index (χ1v) is 8.01. The highest BCUT2D eigenvalue weighted by Gasteiger charge is 2.10. The maximum atomic E-state index is 9.80. The summed E-state index contributed by atoms with van der Waals surface area (Å²) in [6.07, 6.45) is -0.445. The fraction of sp³-hybridized carbons (Fsp3) is 0.714. The van der Waals surface area contributed by atoms with Crippen molar-refractivity contribution >= 4 is 11.3 Å². The molecule has 2 rings (SSSR count). The van der Waals surface area contributed by atoms with Crippen LogP contribution >= 0.6 is 11.3 Å². The van der Waals surface area contributed by atoms with Crippen LogP contribution in [-0.4, -0.2) is 68.7 Å². The van der Waals surface area contributed by atoms with Crippen LogP contribution in [0.3, 0.4) is 0 Å². The Hall–Kier alpha value is -0.500. The van der Waals surface area contributed by atoms with Crippen molar-refractivity contribution in [2.45, 2.75) is 12.7 Å². The zero-order chi connectivity index (χ0) is 14.0. The van der Waals surface area contributed by atoms with Gasteiger partial charge in [-0.25, -0.2) is 0 Å². The summed E-state index contributed by atoms with van der Waals surface area (Å²) >= 11 is 1.67. The molecule has 2 heterocycles. The zero-order valence-corrected chi connectivity index (χ0v) is 12.6. The van der Waals surface area contributed by atoms with Gasteiger partial charge in [0.1, 0.15) is 0 Å². The van der Waals surface area contributed by atoms with Crippen molar-refractivity contribution in [3.05, 3.63) is 22.4 Å². The minimum absolute atomic E-state index is 0.377. The number of ether oxygens (including phenoxy) is 2. The van der Waals surface area contributed by atoms with Crippen molar-refractivity contribution < 1.29 is 14.6 Å². The van der Waals surface area contributed by atoms with Gasteiger partial charge in [0, 0.05) is 37.6 Å². The van der Waals surface area contributed by atoms with Gasteiger partial charge < -0.3 is 19.9 Å². The lowest BCUT2D eigenvalue weighted by Crippen LogP contribution is -2.41. The van der Waals surface area contributed by atoms with Crippen molar-refractivity contribution in [3.63, 3.8) is 0 Å². The predicted octanol–water partition coefficient (Wildman–Crippen LogP) is 0.547. The molecule has 0 amide bonds. The van der Waals surface area contributed by atoms with Gasteiger partial charge in [-0.2, -0.15) is 0 Å². The van der Waals surface area contributed by atoms with Gasteiger partial charge in [-0.1, -0.05) is 6.07 Å². The highest BCUT2D eigenvalue weighted by atomic mass is 32.1. The van der Waals surface area contributed by atoms with Crippen LogP contribution in [0, 0.1) is 0 Å². The molecule has 0 radical (unpaired) electrons. The first kappa shape index (κ1) is 15.9. The lowest BCUT2D eigenvalue weighted by molar-refractivity contribution is 0.0266. The smallest absolute Gasteiger partial charge is 0.0897 e. The van der Waals surface area contributed by atoms with Crippen molar-refractivity contribution in [2.75, 3.05) is 52.5 Å². The van der Waals surface area contributed by atoms with E-state index in [0.717, 1.165) is 39.4 Å². The lowest BCUT2D eigenvalue weighted by Gasteiger charge is -2.26. The largest absolute Gasteiger partial charge is 0.389 e. The number of hydrogen-bond donors (Lipinski definition) is 2. The summed E-state index contributed by atoms with van der Waals surface area (Å²) in [5, 5.41) is 15.1. The van der Waals surface area contributed by atoms with E-state index in [2.05, 4.69) is 10.2 Å². The van der Waals surface area contributed by atoms with Crippen molar-refractivity contribution in [1.82, 2.24) is 10.2 Å². The van der Waals surface area contributed by atoms with E-state index >= 15 is 0 Å². The predicted molar refractivity (Wildman–Crippen MR) is 80.1 cm³/mol. The zero-order valence-electron chi connectivity index (χ0n) is 11.8. The summed E-state index contributed by atoms with van der Waals surface area (Å²) in [4.78, 5) is 3.56. The molecule has 2 N–H and O–H groups in total. The van der Waals surface area contributed by atoms with Crippen LogP contribution in [0.1, 0.15) is 4.88 Å².